The number of nitrogens with zero attached hydrogens (tertiary/aromatic N) is 4. The first-order valence-corrected chi connectivity index (χ1v) is 12.7. The van der Waals surface area contributed by atoms with Crippen LogP contribution < -0.4 is 10.2 Å². The maximum absolute atomic E-state index is 13.4. The summed E-state index contributed by atoms with van der Waals surface area (Å²) in [5.74, 6) is 0. The van der Waals surface area contributed by atoms with Crippen LogP contribution in [0.2, 0.25) is 0 Å². The predicted octanol–water partition coefficient (Wildman–Crippen LogP) is 4.96. The van der Waals surface area contributed by atoms with Crippen LogP contribution >= 0.6 is 0 Å². The Kier molecular flexibility index (Phi) is 6.55. The maximum atomic E-state index is 13.4. The molecule has 188 valence electrons. The Morgan fingerprint density at radius 3 is 2.58 bits per heavy atom. The molecule has 0 radical (unpaired) electrons. The third kappa shape index (κ3) is 4.67. The third-order valence-electron chi connectivity index (χ3n) is 5.60. The molecular formula is C24H22F3N5O3S. The van der Waals surface area contributed by atoms with Crippen LogP contribution in [-0.2, 0) is 20.8 Å². The molecule has 4 rings (SSSR count). The third-order valence-corrected chi connectivity index (χ3v) is 6.73. The first-order chi connectivity index (χ1) is 17.0. The number of alkyl halides is 3. The lowest BCUT2D eigenvalue weighted by molar-refractivity contribution is -0.137. The highest BCUT2D eigenvalue weighted by Crippen LogP contribution is 2.37. The van der Waals surface area contributed by atoms with Gasteiger partial charge in [0.2, 0.25) is 6.35 Å². The molecule has 0 aliphatic carbocycles. The van der Waals surface area contributed by atoms with Gasteiger partial charge in [-0.25, -0.2) is 17.9 Å². The number of hydrogen-bond acceptors (Lipinski definition) is 6. The predicted molar refractivity (Wildman–Crippen MR) is 128 cm³/mol. The molecule has 0 bridgehead atoms. The average Bonchev–Trinajstić information content (AvgIpc) is 3.42. The second-order valence-electron chi connectivity index (χ2n) is 7.99. The molecule has 1 unspecified atom stereocenters. The zero-order chi connectivity index (χ0) is 26.3. The summed E-state index contributed by atoms with van der Waals surface area (Å²) >= 11 is 0. The van der Waals surface area contributed by atoms with E-state index in [0.717, 1.165) is 18.4 Å². The van der Waals surface area contributed by atoms with Crippen molar-refractivity contribution < 1.29 is 26.3 Å². The summed E-state index contributed by atoms with van der Waals surface area (Å²) in [6, 6.07) is 10.8. The van der Waals surface area contributed by atoms with Gasteiger partial charge in [-0.15, -0.1) is 0 Å². The first-order valence-electron chi connectivity index (χ1n) is 10.8. The molecule has 1 atom stereocenters. The van der Waals surface area contributed by atoms with Crippen LogP contribution in [0.4, 0.5) is 24.5 Å². The number of sulfone groups is 1. The van der Waals surface area contributed by atoms with Gasteiger partial charge in [-0.3, -0.25) is 0 Å². The number of ether oxygens (including phenoxy) is 1. The van der Waals surface area contributed by atoms with E-state index in [0.29, 0.717) is 17.1 Å². The Hall–Kier alpha value is -3.82. The number of rotatable bonds is 6. The van der Waals surface area contributed by atoms with E-state index in [-0.39, 0.29) is 28.6 Å². The van der Waals surface area contributed by atoms with Crippen molar-refractivity contribution in [3.63, 3.8) is 0 Å². The summed E-state index contributed by atoms with van der Waals surface area (Å²) in [6.07, 6.45) is -2.80. The lowest BCUT2D eigenvalue weighted by Crippen LogP contribution is -2.39. The summed E-state index contributed by atoms with van der Waals surface area (Å²) in [5, 5.41) is 7.49. The molecule has 0 amide bonds. The van der Waals surface area contributed by atoms with Crippen LogP contribution in [0.5, 0.6) is 0 Å². The second kappa shape index (κ2) is 9.33. The van der Waals surface area contributed by atoms with Gasteiger partial charge < -0.3 is 15.0 Å². The number of benzene rings is 2. The number of hydrogen-bond donors (Lipinski definition) is 1. The van der Waals surface area contributed by atoms with E-state index in [4.69, 9.17) is 11.3 Å². The summed E-state index contributed by atoms with van der Waals surface area (Å²) in [7, 11) is -3.72. The van der Waals surface area contributed by atoms with Gasteiger partial charge in [0.15, 0.2) is 15.5 Å². The lowest BCUT2D eigenvalue weighted by Gasteiger charge is -2.28. The molecule has 0 spiro atoms. The fraction of sp³-hybridized carbons (Fsp3) is 0.250. The van der Waals surface area contributed by atoms with Crippen LogP contribution in [-0.4, -0.2) is 37.4 Å². The van der Waals surface area contributed by atoms with Gasteiger partial charge >= 0.3 is 6.18 Å². The molecule has 3 aromatic rings. The maximum Gasteiger partial charge on any atom is 0.416 e. The van der Waals surface area contributed by atoms with Gasteiger partial charge in [0.05, 0.1) is 40.3 Å². The van der Waals surface area contributed by atoms with Crippen LogP contribution in [0.25, 0.3) is 16.2 Å². The van der Waals surface area contributed by atoms with E-state index >= 15 is 0 Å². The molecule has 2 aromatic carbocycles. The van der Waals surface area contributed by atoms with Gasteiger partial charge in [0.25, 0.3) is 0 Å². The van der Waals surface area contributed by atoms with Crippen molar-refractivity contribution in [3.8, 4) is 5.69 Å². The number of aromatic nitrogens is 2. The molecule has 1 aliphatic rings. The Bertz CT molecular complexity index is 1490. The highest BCUT2D eigenvalue weighted by molar-refractivity contribution is 7.90. The summed E-state index contributed by atoms with van der Waals surface area (Å²) in [5.41, 5.74) is 1.39. The topological polar surface area (TPSA) is 80.8 Å². The van der Waals surface area contributed by atoms with Crippen molar-refractivity contribution in [1.29, 1.82) is 0 Å². The standard InChI is InChI=1S/C24H22F3N5O3S/c1-5-35-23-30-22(15(2)31(23)18-8-6-7-16(13-18)24(25,26)27)20-11-12-29-32(20)19-10-9-17(28-3)14-21(19)36(4,33)34/h6-14,23,30H,5H2,1-2,4H3. The van der Waals surface area contributed by atoms with Gasteiger partial charge in [-0.1, -0.05) is 12.1 Å². The fourth-order valence-corrected chi connectivity index (χ4v) is 4.88. The van der Waals surface area contributed by atoms with Gasteiger partial charge in [0.1, 0.15) is 0 Å². The summed E-state index contributed by atoms with van der Waals surface area (Å²) < 4.78 is 72.3. The van der Waals surface area contributed by atoms with Gasteiger partial charge in [-0.05, 0) is 50.2 Å². The lowest BCUT2D eigenvalue weighted by atomic mass is 10.1. The van der Waals surface area contributed by atoms with Crippen molar-refractivity contribution in [1.82, 2.24) is 15.1 Å². The van der Waals surface area contributed by atoms with E-state index in [1.165, 1.54) is 35.1 Å². The van der Waals surface area contributed by atoms with Crippen molar-refractivity contribution in [2.24, 2.45) is 0 Å². The van der Waals surface area contributed by atoms with E-state index in [9.17, 15) is 21.6 Å². The van der Waals surface area contributed by atoms with Crippen LogP contribution in [0.15, 0.2) is 65.3 Å². The molecule has 8 nitrogen and oxygen atoms in total. The van der Waals surface area contributed by atoms with Crippen LogP contribution in [0, 0.1) is 6.57 Å². The molecular weight excluding hydrogens is 495 g/mol. The molecule has 0 fully saturated rings. The van der Waals surface area contributed by atoms with E-state index < -0.39 is 27.9 Å². The molecule has 0 saturated carbocycles. The van der Waals surface area contributed by atoms with Crippen molar-refractivity contribution in [2.45, 2.75) is 31.3 Å². The number of halogens is 3. The summed E-state index contributed by atoms with van der Waals surface area (Å²) in [6.45, 7) is 11.0. The van der Waals surface area contributed by atoms with E-state index in [2.05, 4.69) is 15.3 Å². The Morgan fingerprint density at radius 1 is 1.19 bits per heavy atom. The van der Waals surface area contributed by atoms with Gasteiger partial charge in [0, 0.05) is 24.2 Å². The quantitative estimate of drug-likeness (QED) is 0.466. The highest BCUT2D eigenvalue weighted by Gasteiger charge is 2.35. The molecule has 36 heavy (non-hydrogen) atoms. The molecule has 0 saturated heterocycles. The Balaban J connectivity index is 1.86. The zero-order valence-corrected chi connectivity index (χ0v) is 20.4. The molecule has 1 N–H and O–H groups in total. The Morgan fingerprint density at radius 2 is 1.94 bits per heavy atom. The minimum atomic E-state index is -4.51. The van der Waals surface area contributed by atoms with Crippen LogP contribution in [0.1, 0.15) is 25.1 Å². The zero-order valence-electron chi connectivity index (χ0n) is 19.5. The van der Waals surface area contributed by atoms with E-state index in [1.54, 1.807) is 30.9 Å². The summed E-state index contributed by atoms with van der Waals surface area (Å²) in [4.78, 5) is 4.83. The number of nitrogens with one attached hydrogen (secondary N) is 1. The SMILES string of the molecule is [C-]#[N+]c1ccc(-n2nccc2C2=C(C)N(c3cccc(C(F)(F)F)c3)C(OCC)N2)c(S(C)(=O)=O)c1. The molecule has 12 heteroatoms. The minimum Gasteiger partial charge on any atom is -0.341 e. The number of anilines is 1. The van der Waals surface area contributed by atoms with Crippen molar-refractivity contribution >= 4 is 26.9 Å². The largest absolute Gasteiger partial charge is 0.416 e. The monoisotopic (exact) mass is 517 g/mol. The fourth-order valence-electron chi connectivity index (χ4n) is 4.01. The van der Waals surface area contributed by atoms with Crippen molar-refractivity contribution in [3.05, 3.63) is 83.1 Å². The van der Waals surface area contributed by atoms with Crippen LogP contribution in [0.3, 0.4) is 0 Å². The minimum absolute atomic E-state index is 0.0757. The van der Waals surface area contributed by atoms with E-state index in [1.807, 2.05) is 0 Å². The highest BCUT2D eigenvalue weighted by atomic mass is 32.2. The molecule has 2 heterocycles. The average molecular weight is 518 g/mol. The van der Waals surface area contributed by atoms with Crippen molar-refractivity contribution in [2.75, 3.05) is 17.8 Å². The number of allylic oxidation sites excluding steroid dienone is 1. The Labute approximate surface area is 206 Å². The second-order valence-corrected chi connectivity index (χ2v) is 9.98. The molecule has 1 aromatic heterocycles. The normalized spacial score (nSPS) is 16.2. The molecule has 1 aliphatic heterocycles. The van der Waals surface area contributed by atoms with Gasteiger partial charge in [-0.2, -0.15) is 18.3 Å². The smallest absolute Gasteiger partial charge is 0.341 e. The first kappa shape index (κ1) is 25.3.